The molecule has 3 rings (SSSR count). The Bertz CT molecular complexity index is 352. The molecule has 94 valence electrons. The predicted octanol–water partition coefficient (Wildman–Crippen LogP) is 2.00. The lowest BCUT2D eigenvalue weighted by Crippen LogP contribution is -2.48. The second kappa shape index (κ2) is 4.11. The molecule has 2 heterocycles. The molecule has 2 aliphatic heterocycles. The second-order valence-electron chi connectivity index (χ2n) is 5.87. The van der Waals surface area contributed by atoms with E-state index in [0.717, 1.165) is 38.6 Å². The first-order chi connectivity index (χ1) is 8.22. The first-order valence-electron chi connectivity index (χ1n) is 7.04. The summed E-state index contributed by atoms with van der Waals surface area (Å²) in [6.45, 7) is 3.02. The maximum Gasteiger partial charge on any atom is 0.222 e. The van der Waals surface area contributed by atoms with E-state index in [1.165, 1.54) is 0 Å². The molecule has 3 aliphatic rings. The van der Waals surface area contributed by atoms with Crippen LogP contribution in [0.4, 0.5) is 0 Å². The van der Waals surface area contributed by atoms with Gasteiger partial charge in [-0.3, -0.25) is 9.59 Å². The highest BCUT2D eigenvalue weighted by Gasteiger charge is 2.50. The van der Waals surface area contributed by atoms with E-state index in [-0.39, 0.29) is 5.92 Å². The lowest BCUT2D eigenvalue weighted by atomic mass is 9.68. The van der Waals surface area contributed by atoms with Crippen molar-refractivity contribution in [2.75, 3.05) is 6.54 Å². The summed E-state index contributed by atoms with van der Waals surface area (Å²) in [6.07, 6.45) is 5.48. The van der Waals surface area contributed by atoms with Gasteiger partial charge in [-0.05, 0) is 37.5 Å². The van der Waals surface area contributed by atoms with E-state index < -0.39 is 0 Å². The van der Waals surface area contributed by atoms with Crippen molar-refractivity contribution < 1.29 is 9.59 Å². The molecular formula is C14H21NO2. The summed E-state index contributed by atoms with van der Waals surface area (Å²) in [5, 5.41) is 0. The maximum absolute atomic E-state index is 12.2. The number of Topliss-reactive ketones (excluding diaryl/α,β-unsaturated/α-hetero) is 1. The fourth-order valence-corrected chi connectivity index (χ4v) is 4.40. The lowest BCUT2D eigenvalue weighted by molar-refractivity contribution is -0.137. The van der Waals surface area contributed by atoms with E-state index in [1.54, 1.807) is 0 Å². The Hall–Kier alpha value is -0.860. The molecule has 2 saturated heterocycles. The SMILES string of the molecule is CC[C@H]1C(=O)C[C@H]2CCN3C(=O)CCC[C@H]1[C@H]23. The van der Waals surface area contributed by atoms with Crippen molar-refractivity contribution in [2.24, 2.45) is 17.8 Å². The van der Waals surface area contributed by atoms with Crippen molar-refractivity contribution in [3.05, 3.63) is 0 Å². The molecule has 3 fully saturated rings. The highest BCUT2D eigenvalue weighted by atomic mass is 16.2. The van der Waals surface area contributed by atoms with Gasteiger partial charge in [0.1, 0.15) is 5.78 Å². The smallest absolute Gasteiger partial charge is 0.222 e. The van der Waals surface area contributed by atoms with E-state index >= 15 is 0 Å². The van der Waals surface area contributed by atoms with Crippen molar-refractivity contribution in [1.82, 2.24) is 4.90 Å². The molecule has 0 aromatic carbocycles. The molecule has 0 unspecified atom stereocenters. The highest BCUT2D eigenvalue weighted by molar-refractivity contribution is 5.84. The fourth-order valence-electron chi connectivity index (χ4n) is 4.40. The Balaban J connectivity index is 1.94. The Kier molecular flexibility index (Phi) is 2.72. The van der Waals surface area contributed by atoms with Gasteiger partial charge in [-0.1, -0.05) is 6.92 Å². The zero-order valence-corrected chi connectivity index (χ0v) is 10.5. The van der Waals surface area contributed by atoms with Gasteiger partial charge in [0.2, 0.25) is 5.91 Å². The number of carbonyl (C=O) groups is 2. The number of hydrogen-bond acceptors (Lipinski definition) is 2. The number of nitrogens with zero attached hydrogens (tertiary/aromatic N) is 1. The largest absolute Gasteiger partial charge is 0.339 e. The minimum absolute atomic E-state index is 0.225. The van der Waals surface area contributed by atoms with Gasteiger partial charge in [-0.2, -0.15) is 0 Å². The first-order valence-corrected chi connectivity index (χ1v) is 7.04. The van der Waals surface area contributed by atoms with Gasteiger partial charge in [0.25, 0.3) is 0 Å². The maximum atomic E-state index is 12.2. The Labute approximate surface area is 103 Å². The van der Waals surface area contributed by atoms with Gasteiger partial charge in [-0.15, -0.1) is 0 Å². The number of ketones is 1. The first kappa shape index (κ1) is 11.2. The molecule has 0 N–H and O–H groups in total. The third-order valence-electron chi connectivity index (χ3n) is 5.10. The highest BCUT2D eigenvalue weighted by Crippen LogP contribution is 2.45. The quantitative estimate of drug-likeness (QED) is 0.697. The van der Waals surface area contributed by atoms with Crippen molar-refractivity contribution in [2.45, 2.75) is 51.5 Å². The van der Waals surface area contributed by atoms with Crippen LogP contribution in [0.15, 0.2) is 0 Å². The third-order valence-corrected chi connectivity index (χ3v) is 5.10. The molecular weight excluding hydrogens is 214 g/mol. The molecule has 0 bridgehead atoms. The number of rotatable bonds is 1. The van der Waals surface area contributed by atoms with E-state index in [9.17, 15) is 9.59 Å². The van der Waals surface area contributed by atoms with E-state index in [2.05, 4.69) is 11.8 Å². The zero-order chi connectivity index (χ0) is 12.0. The number of hydrogen-bond donors (Lipinski definition) is 0. The molecule has 0 aromatic rings. The van der Waals surface area contributed by atoms with Crippen molar-refractivity contribution in [3.63, 3.8) is 0 Å². The Morgan fingerprint density at radius 3 is 2.88 bits per heavy atom. The average Bonchev–Trinajstić information content (AvgIpc) is 2.64. The van der Waals surface area contributed by atoms with E-state index in [4.69, 9.17) is 0 Å². The molecule has 17 heavy (non-hydrogen) atoms. The van der Waals surface area contributed by atoms with Gasteiger partial charge in [0, 0.05) is 31.3 Å². The van der Waals surface area contributed by atoms with E-state index in [0.29, 0.717) is 36.0 Å². The zero-order valence-electron chi connectivity index (χ0n) is 10.5. The van der Waals surface area contributed by atoms with Crippen molar-refractivity contribution >= 4 is 11.7 Å². The minimum atomic E-state index is 0.225. The second-order valence-corrected chi connectivity index (χ2v) is 5.87. The summed E-state index contributed by atoms with van der Waals surface area (Å²) in [6, 6.07) is 0.396. The topological polar surface area (TPSA) is 37.4 Å². The average molecular weight is 235 g/mol. The molecule has 0 aromatic heterocycles. The van der Waals surface area contributed by atoms with Crippen LogP contribution in [-0.2, 0) is 9.59 Å². The van der Waals surface area contributed by atoms with Crippen molar-refractivity contribution in [3.8, 4) is 0 Å². The van der Waals surface area contributed by atoms with Crippen LogP contribution < -0.4 is 0 Å². The van der Waals surface area contributed by atoms with Crippen LogP contribution in [0.2, 0.25) is 0 Å². The van der Waals surface area contributed by atoms with E-state index in [1.807, 2.05) is 0 Å². The summed E-state index contributed by atoms with van der Waals surface area (Å²) in [5.74, 6) is 1.96. The van der Waals surface area contributed by atoms with Crippen molar-refractivity contribution in [1.29, 1.82) is 0 Å². The summed E-state index contributed by atoms with van der Waals surface area (Å²) in [4.78, 5) is 26.3. The molecule has 3 nitrogen and oxygen atoms in total. The van der Waals surface area contributed by atoms with Crippen LogP contribution in [0.25, 0.3) is 0 Å². The van der Waals surface area contributed by atoms with Crippen LogP contribution in [0.1, 0.15) is 45.4 Å². The number of carbonyl (C=O) groups excluding carboxylic acids is 2. The summed E-state index contributed by atoms with van der Waals surface area (Å²) in [7, 11) is 0. The van der Waals surface area contributed by atoms with Gasteiger partial charge in [0.05, 0.1) is 0 Å². The summed E-state index contributed by atoms with van der Waals surface area (Å²) >= 11 is 0. The fraction of sp³-hybridized carbons (Fsp3) is 0.857. The molecule has 0 spiro atoms. The van der Waals surface area contributed by atoms with Crippen LogP contribution in [0.5, 0.6) is 0 Å². The third kappa shape index (κ3) is 1.62. The summed E-state index contributed by atoms with van der Waals surface area (Å²) in [5.41, 5.74) is 0. The van der Waals surface area contributed by atoms with Gasteiger partial charge < -0.3 is 4.90 Å². The standard InChI is InChI=1S/C14H21NO2/c1-2-10-11-4-3-5-13(17)15-7-6-9(14(11)15)8-12(10)16/h9-11,14H,2-8H2,1H3/t9-,10-,11-,14+/m1/s1. The predicted molar refractivity (Wildman–Crippen MR) is 64.4 cm³/mol. The monoisotopic (exact) mass is 235 g/mol. The van der Waals surface area contributed by atoms with Gasteiger partial charge in [0.15, 0.2) is 0 Å². The normalized spacial score (nSPS) is 41.4. The van der Waals surface area contributed by atoms with Crippen LogP contribution in [0.3, 0.4) is 0 Å². The van der Waals surface area contributed by atoms with Crippen LogP contribution >= 0.6 is 0 Å². The Morgan fingerprint density at radius 1 is 1.29 bits per heavy atom. The van der Waals surface area contributed by atoms with Gasteiger partial charge >= 0.3 is 0 Å². The minimum Gasteiger partial charge on any atom is -0.339 e. The van der Waals surface area contributed by atoms with Crippen LogP contribution in [-0.4, -0.2) is 29.2 Å². The van der Waals surface area contributed by atoms with Crippen LogP contribution in [0, 0.1) is 17.8 Å². The van der Waals surface area contributed by atoms with Gasteiger partial charge in [-0.25, -0.2) is 0 Å². The number of amides is 1. The molecule has 4 atom stereocenters. The summed E-state index contributed by atoms with van der Waals surface area (Å²) < 4.78 is 0. The molecule has 1 aliphatic carbocycles. The molecule has 3 heteroatoms. The molecule has 1 saturated carbocycles. The Morgan fingerprint density at radius 2 is 2.12 bits per heavy atom. The lowest BCUT2D eigenvalue weighted by Gasteiger charge is -2.41. The molecule has 1 amide bonds. The molecule has 0 radical (unpaired) electrons.